The first kappa shape index (κ1) is 14.2. The van der Waals surface area contributed by atoms with Gasteiger partial charge in [-0.05, 0) is 33.6 Å². The minimum atomic E-state index is -0.163. The fourth-order valence-electron chi connectivity index (χ4n) is 2.00. The average Bonchev–Trinajstić information content (AvgIpc) is 2.46. The summed E-state index contributed by atoms with van der Waals surface area (Å²) in [6.07, 6.45) is 0.894. The molecule has 0 spiro atoms. The molecule has 0 radical (unpaired) electrons. The zero-order valence-corrected chi connectivity index (χ0v) is 12.4. The molecule has 1 fully saturated rings. The van der Waals surface area contributed by atoms with E-state index in [1.165, 1.54) is 0 Å². The van der Waals surface area contributed by atoms with E-state index >= 15 is 0 Å². The lowest BCUT2D eigenvalue weighted by atomic mass is 10.0. The number of carbonyl (C=O) groups is 2. The molecule has 1 atom stereocenters. The minimum absolute atomic E-state index is 0.000445. The number of hydrogen-bond donors (Lipinski definition) is 0. The Hall–Kier alpha value is -1.20. The van der Waals surface area contributed by atoms with Crippen LogP contribution in [-0.4, -0.2) is 43.4 Å². The van der Waals surface area contributed by atoms with E-state index in [0.29, 0.717) is 31.9 Å². The summed E-state index contributed by atoms with van der Waals surface area (Å²) in [5, 5.41) is 0. The second-order valence-corrected chi connectivity index (χ2v) is 5.42. The molecule has 5 heteroatoms. The molecule has 0 N–H and O–H groups in total. The number of halogens is 1. The van der Waals surface area contributed by atoms with E-state index in [-0.39, 0.29) is 11.8 Å². The van der Waals surface area contributed by atoms with E-state index in [1.807, 2.05) is 19.1 Å². The van der Waals surface area contributed by atoms with Crippen molar-refractivity contribution in [3.05, 3.63) is 33.8 Å². The van der Waals surface area contributed by atoms with Crippen molar-refractivity contribution in [1.82, 2.24) is 4.90 Å². The molecule has 0 aliphatic carbocycles. The largest absolute Gasteiger partial charge is 0.378 e. The molecule has 0 bridgehead atoms. The number of amides is 1. The third kappa shape index (κ3) is 3.22. The van der Waals surface area contributed by atoms with Crippen molar-refractivity contribution in [2.45, 2.75) is 12.8 Å². The van der Waals surface area contributed by atoms with Crippen molar-refractivity contribution in [2.24, 2.45) is 0 Å². The lowest BCUT2D eigenvalue weighted by molar-refractivity contribution is -0.108. The van der Waals surface area contributed by atoms with E-state index in [2.05, 4.69) is 15.9 Å². The van der Waals surface area contributed by atoms with E-state index in [9.17, 15) is 9.59 Å². The van der Waals surface area contributed by atoms with Gasteiger partial charge in [-0.3, -0.25) is 4.79 Å². The summed E-state index contributed by atoms with van der Waals surface area (Å²) in [7, 11) is 0. The van der Waals surface area contributed by atoms with Gasteiger partial charge in [0, 0.05) is 23.5 Å². The summed E-state index contributed by atoms with van der Waals surface area (Å²) in [5.41, 5.74) is 1.53. The SMILES string of the molecule is CC(C=O)c1ccc(C(=O)N2CCOCC2)c(Br)c1. The Bertz CT molecular complexity index is 484. The van der Waals surface area contributed by atoms with E-state index < -0.39 is 0 Å². The topological polar surface area (TPSA) is 46.6 Å². The van der Waals surface area contributed by atoms with Crippen molar-refractivity contribution in [2.75, 3.05) is 26.3 Å². The van der Waals surface area contributed by atoms with Gasteiger partial charge < -0.3 is 14.4 Å². The van der Waals surface area contributed by atoms with Gasteiger partial charge in [0.2, 0.25) is 0 Å². The predicted molar refractivity (Wildman–Crippen MR) is 75.3 cm³/mol. The van der Waals surface area contributed by atoms with E-state index in [0.717, 1.165) is 16.3 Å². The highest BCUT2D eigenvalue weighted by Crippen LogP contribution is 2.24. The molecule has 1 aromatic carbocycles. The molecule has 1 aromatic rings. The molecule has 1 heterocycles. The second kappa shape index (κ2) is 6.30. The van der Waals surface area contributed by atoms with Crippen LogP contribution in [0.4, 0.5) is 0 Å². The van der Waals surface area contributed by atoms with Crippen LogP contribution in [0.2, 0.25) is 0 Å². The molecule has 0 saturated carbocycles. The van der Waals surface area contributed by atoms with Gasteiger partial charge in [-0.1, -0.05) is 13.0 Å². The maximum atomic E-state index is 12.3. The summed E-state index contributed by atoms with van der Waals surface area (Å²) in [6.45, 7) is 4.25. The van der Waals surface area contributed by atoms with Gasteiger partial charge in [0.05, 0.1) is 18.8 Å². The molecular formula is C14H16BrNO3. The maximum absolute atomic E-state index is 12.3. The van der Waals surface area contributed by atoms with Crippen LogP contribution in [0.15, 0.2) is 22.7 Å². The number of morpholine rings is 1. The fourth-order valence-corrected chi connectivity index (χ4v) is 2.57. The average molecular weight is 326 g/mol. The van der Waals surface area contributed by atoms with Crippen molar-refractivity contribution in [3.8, 4) is 0 Å². The van der Waals surface area contributed by atoms with E-state index in [1.54, 1.807) is 11.0 Å². The Morgan fingerprint density at radius 2 is 2.11 bits per heavy atom. The van der Waals surface area contributed by atoms with E-state index in [4.69, 9.17) is 4.74 Å². The molecule has 1 saturated heterocycles. The fraction of sp³-hybridized carbons (Fsp3) is 0.429. The quantitative estimate of drug-likeness (QED) is 0.800. The first-order valence-corrected chi connectivity index (χ1v) is 7.04. The maximum Gasteiger partial charge on any atom is 0.255 e. The molecule has 2 rings (SSSR count). The lowest BCUT2D eigenvalue weighted by Crippen LogP contribution is -2.40. The monoisotopic (exact) mass is 325 g/mol. The highest BCUT2D eigenvalue weighted by Gasteiger charge is 2.20. The third-order valence-electron chi connectivity index (χ3n) is 3.25. The Balaban J connectivity index is 2.20. The molecule has 102 valence electrons. The van der Waals surface area contributed by atoms with Gasteiger partial charge in [0.1, 0.15) is 6.29 Å². The minimum Gasteiger partial charge on any atom is -0.378 e. The van der Waals surface area contributed by atoms with Crippen molar-refractivity contribution in [3.63, 3.8) is 0 Å². The summed E-state index contributed by atoms with van der Waals surface area (Å²) in [4.78, 5) is 24.9. The number of nitrogens with zero attached hydrogens (tertiary/aromatic N) is 1. The summed E-state index contributed by atoms with van der Waals surface area (Å²) < 4.78 is 5.97. The standard InChI is InChI=1S/C14H16BrNO3/c1-10(9-17)11-2-3-12(13(15)8-11)14(18)16-4-6-19-7-5-16/h2-3,8-10H,4-7H2,1H3. The number of ether oxygens (including phenoxy) is 1. The van der Waals surface area contributed by atoms with Crippen LogP contribution in [0.1, 0.15) is 28.8 Å². The molecule has 1 unspecified atom stereocenters. The normalized spacial score (nSPS) is 17.1. The molecule has 1 aliphatic rings. The molecule has 4 nitrogen and oxygen atoms in total. The highest BCUT2D eigenvalue weighted by molar-refractivity contribution is 9.10. The van der Waals surface area contributed by atoms with Gasteiger partial charge >= 0.3 is 0 Å². The molecule has 0 aromatic heterocycles. The van der Waals surface area contributed by atoms with Gasteiger partial charge in [-0.15, -0.1) is 0 Å². The number of hydrogen-bond acceptors (Lipinski definition) is 3. The summed E-state index contributed by atoms with van der Waals surface area (Å²) >= 11 is 3.42. The number of benzene rings is 1. The second-order valence-electron chi connectivity index (χ2n) is 4.57. The Morgan fingerprint density at radius 1 is 1.42 bits per heavy atom. The van der Waals surface area contributed by atoms with Gasteiger partial charge in [0.15, 0.2) is 0 Å². The van der Waals surface area contributed by atoms with Gasteiger partial charge in [0.25, 0.3) is 5.91 Å². The van der Waals surface area contributed by atoms with Crippen LogP contribution in [-0.2, 0) is 9.53 Å². The van der Waals surface area contributed by atoms with Crippen LogP contribution >= 0.6 is 15.9 Å². The van der Waals surface area contributed by atoms with Crippen LogP contribution in [0.25, 0.3) is 0 Å². The molecule has 1 amide bonds. The smallest absolute Gasteiger partial charge is 0.255 e. The zero-order chi connectivity index (χ0) is 13.8. The molecule has 1 aliphatic heterocycles. The predicted octanol–water partition coefficient (Wildman–Crippen LogP) is 2.22. The Kier molecular flexibility index (Phi) is 4.71. The van der Waals surface area contributed by atoms with Gasteiger partial charge in [-0.2, -0.15) is 0 Å². The van der Waals surface area contributed by atoms with Crippen LogP contribution in [0.3, 0.4) is 0 Å². The van der Waals surface area contributed by atoms with Crippen molar-refractivity contribution in [1.29, 1.82) is 0 Å². The highest BCUT2D eigenvalue weighted by atomic mass is 79.9. The van der Waals surface area contributed by atoms with Gasteiger partial charge in [-0.25, -0.2) is 0 Å². The lowest BCUT2D eigenvalue weighted by Gasteiger charge is -2.27. The first-order chi connectivity index (χ1) is 9.13. The number of rotatable bonds is 3. The van der Waals surface area contributed by atoms with Crippen molar-refractivity contribution >= 4 is 28.1 Å². The Labute approximate surface area is 120 Å². The summed E-state index contributed by atoms with van der Waals surface area (Å²) in [6, 6.07) is 5.45. The van der Waals surface area contributed by atoms with Crippen LogP contribution in [0, 0.1) is 0 Å². The summed E-state index contributed by atoms with van der Waals surface area (Å²) in [5.74, 6) is -0.163. The molecule has 19 heavy (non-hydrogen) atoms. The molecular weight excluding hydrogens is 310 g/mol. The third-order valence-corrected chi connectivity index (χ3v) is 3.91. The van der Waals surface area contributed by atoms with Crippen LogP contribution in [0.5, 0.6) is 0 Å². The van der Waals surface area contributed by atoms with Crippen LogP contribution < -0.4 is 0 Å². The van der Waals surface area contributed by atoms with Crippen molar-refractivity contribution < 1.29 is 14.3 Å². The number of carbonyl (C=O) groups excluding carboxylic acids is 2. The number of aldehydes is 1. The first-order valence-electron chi connectivity index (χ1n) is 6.25. The zero-order valence-electron chi connectivity index (χ0n) is 10.8. The Morgan fingerprint density at radius 3 is 2.68 bits per heavy atom.